The summed E-state index contributed by atoms with van der Waals surface area (Å²) in [5.41, 5.74) is 1.17. The molecule has 2 aromatic rings. The Hall–Kier alpha value is -2.51. The molecule has 1 aliphatic rings. The van der Waals surface area contributed by atoms with Crippen molar-refractivity contribution in [3.8, 4) is 0 Å². The van der Waals surface area contributed by atoms with Gasteiger partial charge in [0.15, 0.2) is 0 Å². The van der Waals surface area contributed by atoms with Gasteiger partial charge in [-0.3, -0.25) is 14.0 Å². The van der Waals surface area contributed by atoms with E-state index in [1.807, 2.05) is 29.2 Å². The zero-order chi connectivity index (χ0) is 23.5. The highest BCUT2D eigenvalue weighted by atomic mass is 35.5. The lowest BCUT2D eigenvalue weighted by Crippen LogP contribution is -2.65. The van der Waals surface area contributed by atoms with Crippen molar-refractivity contribution in [1.29, 1.82) is 0 Å². The Bertz CT molecular complexity index is 1010. The van der Waals surface area contributed by atoms with Gasteiger partial charge in [-0.2, -0.15) is 0 Å². The van der Waals surface area contributed by atoms with Crippen molar-refractivity contribution in [2.45, 2.75) is 31.6 Å². The Morgan fingerprint density at radius 3 is 2.53 bits per heavy atom. The van der Waals surface area contributed by atoms with Crippen LogP contribution in [-0.4, -0.2) is 50.1 Å². The Morgan fingerprint density at radius 2 is 1.91 bits per heavy atom. The molecule has 2 N–H and O–H groups in total. The first kappa shape index (κ1) is 24.1. The number of likely N-dealkylation sites (tertiary alicyclic amines) is 1. The fourth-order valence-electron chi connectivity index (χ4n) is 4.25. The highest BCUT2D eigenvalue weighted by molar-refractivity contribution is 6.31. The van der Waals surface area contributed by atoms with Gasteiger partial charge in [-0.15, -0.1) is 0 Å². The van der Waals surface area contributed by atoms with Crippen LogP contribution < -0.4 is 10.6 Å². The van der Waals surface area contributed by atoms with Gasteiger partial charge in [0.05, 0.1) is 28.4 Å². The number of alkyl halides is 1. The van der Waals surface area contributed by atoms with Gasteiger partial charge in [-0.05, 0) is 35.6 Å². The standard InChI is InChI=1S/C24H28ClF2N3O2/c1-15(2)16-7-4-5-8-18(16)24(13-30(14-24)10-6-9-26)23(32)29-21-12-20(27)19(25)11-17(21)22(31)28-3/h4-5,7-8,11-12,15H,6,9-10,13-14H2,1-3H3,(H,28,31)(H,29,32). The number of nitrogens with one attached hydrogen (secondary N) is 2. The molecule has 32 heavy (non-hydrogen) atoms. The minimum atomic E-state index is -0.896. The highest BCUT2D eigenvalue weighted by Gasteiger charge is 2.51. The molecule has 0 aromatic heterocycles. The second-order valence-electron chi connectivity index (χ2n) is 8.42. The maximum absolute atomic E-state index is 14.2. The predicted molar refractivity (Wildman–Crippen MR) is 123 cm³/mol. The van der Waals surface area contributed by atoms with Gasteiger partial charge in [0.25, 0.3) is 5.91 Å². The number of nitrogens with zero attached hydrogens (tertiary/aromatic N) is 1. The summed E-state index contributed by atoms with van der Waals surface area (Å²) in [6.07, 6.45) is 0.396. The van der Waals surface area contributed by atoms with Crippen LogP contribution in [0.3, 0.4) is 0 Å². The van der Waals surface area contributed by atoms with Crippen LogP contribution in [0.15, 0.2) is 36.4 Å². The lowest BCUT2D eigenvalue weighted by molar-refractivity contribution is -0.128. The normalized spacial score (nSPS) is 15.3. The third kappa shape index (κ3) is 4.64. The number of carbonyl (C=O) groups is 2. The minimum Gasteiger partial charge on any atom is -0.355 e. The van der Waals surface area contributed by atoms with Crippen molar-refractivity contribution < 1.29 is 18.4 Å². The van der Waals surface area contributed by atoms with E-state index >= 15 is 0 Å². The number of amides is 2. The second kappa shape index (κ2) is 9.96. The Balaban J connectivity index is 2.01. The van der Waals surface area contributed by atoms with E-state index in [-0.39, 0.29) is 28.1 Å². The molecule has 8 heteroatoms. The maximum atomic E-state index is 14.2. The zero-order valence-electron chi connectivity index (χ0n) is 18.5. The van der Waals surface area contributed by atoms with E-state index in [4.69, 9.17) is 11.6 Å². The van der Waals surface area contributed by atoms with Gasteiger partial charge < -0.3 is 15.5 Å². The van der Waals surface area contributed by atoms with Crippen molar-refractivity contribution in [2.24, 2.45) is 0 Å². The molecule has 0 aliphatic carbocycles. The topological polar surface area (TPSA) is 61.4 Å². The third-order valence-electron chi connectivity index (χ3n) is 5.91. The van der Waals surface area contributed by atoms with Gasteiger partial charge in [0.2, 0.25) is 5.91 Å². The van der Waals surface area contributed by atoms with Gasteiger partial charge in [0.1, 0.15) is 5.82 Å². The number of anilines is 1. The Labute approximate surface area is 192 Å². The molecular formula is C24H28ClF2N3O2. The molecule has 0 radical (unpaired) electrons. The number of rotatable bonds is 8. The molecule has 1 aliphatic heterocycles. The molecule has 5 nitrogen and oxygen atoms in total. The van der Waals surface area contributed by atoms with E-state index in [0.29, 0.717) is 26.1 Å². The molecule has 1 fully saturated rings. The lowest BCUT2D eigenvalue weighted by atomic mass is 9.69. The second-order valence-corrected chi connectivity index (χ2v) is 8.83. The SMILES string of the molecule is CNC(=O)c1cc(Cl)c(F)cc1NC(=O)C1(c2ccccc2C(C)C)CN(CCCF)C1. The van der Waals surface area contributed by atoms with E-state index in [1.165, 1.54) is 13.1 Å². The van der Waals surface area contributed by atoms with Crippen LogP contribution in [0.4, 0.5) is 14.5 Å². The van der Waals surface area contributed by atoms with Crippen LogP contribution in [0.25, 0.3) is 0 Å². The number of carbonyl (C=O) groups excluding carboxylic acids is 2. The molecule has 0 bridgehead atoms. The van der Waals surface area contributed by atoms with Crippen LogP contribution in [0.5, 0.6) is 0 Å². The molecule has 1 heterocycles. The fraction of sp³-hybridized carbons (Fsp3) is 0.417. The zero-order valence-corrected chi connectivity index (χ0v) is 19.2. The third-order valence-corrected chi connectivity index (χ3v) is 6.20. The summed E-state index contributed by atoms with van der Waals surface area (Å²) >= 11 is 5.87. The molecule has 172 valence electrons. The van der Waals surface area contributed by atoms with Crippen LogP contribution >= 0.6 is 11.6 Å². The largest absolute Gasteiger partial charge is 0.355 e. The Kier molecular flexibility index (Phi) is 7.51. The molecule has 0 saturated carbocycles. The van der Waals surface area contributed by atoms with Crippen LogP contribution in [0.2, 0.25) is 5.02 Å². The van der Waals surface area contributed by atoms with E-state index in [1.54, 1.807) is 0 Å². The number of halogens is 3. The number of benzene rings is 2. The number of hydrogen-bond acceptors (Lipinski definition) is 3. The van der Waals surface area contributed by atoms with Crippen molar-refractivity contribution in [3.05, 3.63) is 63.9 Å². The molecule has 0 unspecified atom stereocenters. The molecule has 3 rings (SSSR count). The van der Waals surface area contributed by atoms with Crippen molar-refractivity contribution in [2.75, 3.05) is 38.7 Å². The van der Waals surface area contributed by atoms with E-state index in [9.17, 15) is 18.4 Å². The predicted octanol–water partition coefficient (Wildman–Crippen LogP) is 4.51. The fourth-order valence-corrected chi connectivity index (χ4v) is 4.41. The van der Waals surface area contributed by atoms with Gasteiger partial charge in [-0.25, -0.2) is 4.39 Å². The molecule has 2 amide bonds. The van der Waals surface area contributed by atoms with Crippen molar-refractivity contribution in [3.63, 3.8) is 0 Å². The van der Waals surface area contributed by atoms with Crippen LogP contribution in [0.1, 0.15) is 47.7 Å². The van der Waals surface area contributed by atoms with Gasteiger partial charge >= 0.3 is 0 Å². The van der Waals surface area contributed by atoms with E-state index in [2.05, 4.69) is 24.5 Å². The Morgan fingerprint density at radius 1 is 1.22 bits per heavy atom. The molecule has 2 aromatic carbocycles. The summed E-state index contributed by atoms with van der Waals surface area (Å²) in [7, 11) is 1.44. The smallest absolute Gasteiger partial charge is 0.253 e. The van der Waals surface area contributed by atoms with E-state index in [0.717, 1.165) is 17.2 Å². The van der Waals surface area contributed by atoms with Crippen molar-refractivity contribution in [1.82, 2.24) is 10.2 Å². The summed E-state index contributed by atoms with van der Waals surface area (Å²) in [5.74, 6) is -1.37. The molecule has 0 spiro atoms. The summed E-state index contributed by atoms with van der Waals surface area (Å²) in [4.78, 5) is 28.0. The van der Waals surface area contributed by atoms with Gasteiger partial charge in [-0.1, -0.05) is 49.7 Å². The monoisotopic (exact) mass is 463 g/mol. The average molecular weight is 464 g/mol. The quantitative estimate of drug-likeness (QED) is 0.605. The minimum absolute atomic E-state index is 0.0554. The first-order valence-electron chi connectivity index (χ1n) is 10.6. The summed E-state index contributed by atoms with van der Waals surface area (Å²) in [6.45, 7) is 5.07. The molecule has 0 atom stereocenters. The summed E-state index contributed by atoms with van der Waals surface area (Å²) in [6, 6.07) is 10.0. The first-order valence-corrected chi connectivity index (χ1v) is 11.0. The molecule has 1 saturated heterocycles. The van der Waals surface area contributed by atoms with Gasteiger partial charge in [0, 0.05) is 26.7 Å². The van der Waals surface area contributed by atoms with Crippen molar-refractivity contribution >= 4 is 29.1 Å². The summed E-state index contributed by atoms with van der Waals surface area (Å²) in [5, 5.41) is 5.05. The maximum Gasteiger partial charge on any atom is 0.253 e. The summed E-state index contributed by atoms with van der Waals surface area (Å²) < 4.78 is 26.9. The van der Waals surface area contributed by atoms with Crippen LogP contribution in [0, 0.1) is 5.82 Å². The highest BCUT2D eigenvalue weighted by Crippen LogP contribution is 2.40. The number of hydrogen-bond donors (Lipinski definition) is 2. The average Bonchev–Trinajstić information content (AvgIpc) is 2.74. The van der Waals surface area contributed by atoms with E-state index < -0.39 is 23.8 Å². The lowest BCUT2D eigenvalue weighted by Gasteiger charge is -2.50. The first-order chi connectivity index (χ1) is 15.2. The molecular weight excluding hydrogens is 436 g/mol. The van der Waals surface area contributed by atoms with Crippen LogP contribution in [-0.2, 0) is 10.2 Å².